The molecule has 17 nitrogen and oxygen atoms in total. The number of hydrogen-bond donors (Lipinski definition) is 3. The number of carbonyl (C=O) groups is 4. The van der Waals surface area contributed by atoms with Gasteiger partial charge in [0.1, 0.15) is 19.3 Å². The van der Waals surface area contributed by atoms with Gasteiger partial charge in [-0.2, -0.15) is 0 Å². The van der Waals surface area contributed by atoms with Crippen LogP contribution in [0.2, 0.25) is 0 Å². The van der Waals surface area contributed by atoms with Crippen LogP contribution in [0.1, 0.15) is 503 Å². The fourth-order valence-electron chi connectivity index (χ4n) is 14.4. The predicted octanol–water partition coefficient (Wildman–Crippen LogP) is 28.5. The topological polar surface area (TPSA) is 237 Å². The molecule has 19 heteroatoms. The van der Waals surface area contributed by atoms with Gasteiger partial charge in [-0.1, -0.05) is 451 Å². The summed E-state index contributed by atoms with van der Waals surface area (Å²) in [7, 11) is -9.93. The van der Waals surface area contributed by atoms with Crippen LogP contribution in [0.4, 0.5) is 0 Å². The molecule has 0 bridgehead atoms. The van der Waals surface area contributed by atoms with Crippen molar-refractivity contribution in [2.45, 2.75) is 521 Å². The molecular weight excluding hydrogens is 1430 g/mol. The molecule has 0 heterocycles. The van der Waals surface area contributed by atoms with Crippen molar-refractivity contribution in [1.29, 1.82) is 0 Å². The summed E-state index contributed by atoms with van der Waals surface area (Å²) in [5.41, 5.74) is 0. The molecular formula is C91H178O17P2. The largest absolute Gasteiger partial charge is 0.472 e. The molecule has 0 spiro atoms. The van der Waals surface area contributed by atoms with Gasteiger partial charge in [0.15, 0.2) is 12.2 Å². The summed E-state index contributed by atoms with van der Waals surface area (Å²) in [4.78, 5) is 73.4. The van der Waals surface area contributed by atoms with Crippen LogP contribution in [-0.2, 0) is 65.4 Å². The molecule has 110 heavy (non-hydrogen) atoms. The molecule has 0 aliphatic rings. The number of hydrogen-bond acceptors (Lipinski definition) is 15. The van der Waals surface area contributed by atoms with Crippen LogP contribution < -0.4 is 0 Å². The molecule has 0 aliphatic carbocycles. The number of phosphoric ester groups is 2. The van der Waals surface area contributed by atoms with Crippen LogP contribution >= 0.6 is 15.6 Å². The Morgan fingerprint density at radius 2 is 0.364 bits per heavy atom. The number of esters is 4. The second kappa shape index (κ2) is 85.0. The molecule has 0 rings (SSSR count). The molecule has 0 aliphatic heterocycles. The number of carbonyl (C=O) groups excluding carboxylic acids is 4. The lowest BCUT2D eigenvalue weighted by atomic mass is 10.0. The molecule has 0 radical (unpaired) electrons. The summed E-state index contributed by atoms with van der Waals surface area (Å²) in [6.45, 7) is 5.10. The average Bonchev–Trinajstić information content (AvgIpc) is 0.900. The highest BCUT2D eigenvalue weighted by Gasteiger charge is 2.31. The smallest absolute Gasteiger partial charge is 0.462 e. The number of phosphoric acid groups is 2. The third-order valence-corrected chi connectivity index (χ3v) is 23.5. The van der Waals surface area contributed by atoms with E-state index in [0.29, 0.717) is 25.7 Å². The molecule has 0 fully saturated rings. The lowest BCUT2D eigenvalue weighted by Crippen LogP contribution is -2.30. The van der Waals surface area contributed by atoms with Gasteiger partial charge in [-0.15, -0.1) is 0 Å². The SMILES string of the molecule is CCCCCCCCCCCCCCCCCCCCCCCCC(=O)O[C@H](COC(=O)CCCCCCCCCCCCCCCCCCCC)COP(=O)(O)OC[C@@H](O)COP(=O)(O)OC[C@@H](COC(=O)CCCCCCCCCCCCCCC)OC(=O)CCCCCCCCCCCCCCCCCCC. The van der Waals surface area contributed by atoms with Crippen molar-refractivity contribution < 1.29 is 80.2 Å². The van der Waals surface area contributed by atoms with Crippen molar-refractivity contribution in [3.8, 4) is 0 Å². The third kappa shape index (κ3) is 84.0. The van der Waals surface area contributed by atoms with Gasteiger partial charge in [-0.3, -0.25) is 37.3 Å². The lowest BCUT2D eigenvalue weighted by molar-refractivity contribution is -0.161. The maximum absolute atomic E-state index is 13.2. The Hall–Kier alpha value is -1.94. The standard InChI is InChI=1S/C91H178O17P2/c1-5-9-13-17-21-25-29-33-36-39-41-42-43-44-47-50-54-58-62-66-70-74-78-91(96)108-87(82-102-89(94)76-72-68-64-60-56-52-48-46-40-37-34-30-26-22-18-14-10-6-2)84-106-110(99,100)104-80-85(92)79-103-109(97,98)105-83-86(81-101-88(93)75-71-67-63-59-55-51-32-28-24-20-16-12-8-4)107-90(95)77-73-69-65-61-57-53-49-45-38-35-31-27-23-19-15-11-7-3/h85-87,92H,5-84H2,1-4H3,(H,97,98)(H,99,100)/t85-,86+,87+/m0/s1. The monoisotopic (exact) mass is 1610 g/mol. The van der Waals surface area contributed by atoms with Crippen molar-refractivity contribution in [2.75, 3.05) is 39.6 Å². The fraction of sp³-hybridized carbons (Fsp3) is 0.956. The van der Waals surface area contributed by atoms with Gasteiger partial charge in [-0.25, -0.2) is 9.13 Å². The van der Waals surface area contributed by atoms with E-state index in [0.717, 1.165) is 89.9 Å². The minimum Gasteiger partial charge on any atom is -0.462 e. The summed E-state index contributed by atoms with van der Waals surface area (Å²) < 4.78 is 69.1. The fourth-order valence-corrected chi connectivity index (χ4v) is 16.0. The maximum Gasteiger partial charge on any atom is 0.472 e. The Kier molecular flexibility index (Phi) is 83.5. The van der Waals surface area contributed by atoms with Gasteiger partial charge in [-0.05, 0) is 25.7 Å². The predicted molar refractivity (Wildman–Crippen MR) is 455 cm³/mol. The number of rotatable bonds is 92. The van der Waals surface area contributed by atoms with Gasteiger partial charge in [0.2, 0.25) is 0 Å². The van der Waals surface area contributed by atoms with Crippen molar-refractivity contribution in [1.82, 2.24) is 0 Å². The van der Waals surface area contributed by atoms with Crippen LogP contribution in [-0.4, -0.2) is 96.7 Å². The molecule has 0 aromatic heterocycles. The maximum atomic E-state index is 13.2. The molecule has 0 amide bonds. The molecule has 5 atom stereocenters. The molecule has 654 valence electrons. The molecule has 2 unspecified atom stereocenters. The average molecular weight is 1610 g/mol. The Balaban J connectivity index is 5.25. The first kappa shape index (κ1) is 108. The van der Waals surface area contributed by atoms with E-state index in [1.165, 1.54) is 334 Å². The number of aliphatic hydroxyl groups excluding tert-OH is 1. The lowest BCUT2D eigenvalue weighted by Gasteiger charge is -2.21. The first-order valence-corrected chi connectivity index (χ1v) is 50.3. The van der Waals surface area contributed by atoms with E-state index in [4.69, 9.17) is 37.0 Å². The van der Waals surface area contributed by atoms with E-state index in [9.17, 15) is 43.2 Å². The highest BCUT2D eigenvalue weighted by Crippen LogP contribution is 2.45. The molecule has 0 aromatic rings. The van der Waals surface area contributed by atoms with Gasteiger partial charge in [0.25, 0.3) is 0 Å². The first-order valence-electron chi connectivity index (χ1n) is 47.3. The van der Waals surface area contributed by atoms with Crippen LogP contribution in [0.15, 0.2) is 0 Å². The molecule has 0 saturated carbocycles. The number of aliphatic hydroxyl groups is 1. The highest BCUT2D eigenvalue weighted by molar-refractivity contribution is 7.47. The summed E-state index contributed by atoms with van der Waals surface area (Å²) in [5.74, 6) is -2.09. The summed E-state index contributed by atoms with van der Waals surface area (Å²) in [5, 5.41) is 10.7. The van der Waals surface area contributed by atoms with E-state index in [1.807, 2.05) is 0 Å². The quantitative estimate of drug-likeness (QED) is 0.0222. The van der Waals surface area contributed by atoms with Crippen LogP contribution in [0.5, 0.6) is 0 Å². The van der Waals surface area contributed by atoms with Crippen molar-refractivity contribution in [3.63, 3.8) is 0 Å². The summed E-state index contributed by atoms with van der Waals surface area (Å²) >= 11 is 0. The zero-order chi connectivity index (χ0) is 80.3. The van der Waals surface area contributed by atoms with Gasteiger partial charge >= 0.3 is 39.5 Å². The minimum absolute atomic E-state index is 0.110. The Labute approximate surface area is 677 Å². The van der Waals surface area contributed by atoms with E-state index in [1.54, 1.807) is 0 Å². The zero-order valence-electron chi connectivity index (χ0n) is 72.3. The minimum atomic E-state index is -4.97. The Morgan fingerprint density at radius 3 is 0.536 bits per heavy atom. The second-order valence-electron chi connectivity index (χ2n) is 32.7. The molecule has 0 saturated heterocycles. The molecule has 0 aromatic carbocycles. The Morgan fingerprint density at radius 1 is 0.218 bits per heavy atom. The van der Waals surface area contributed by atoms with Gasteiger partial charge < -0.3 is 33.8 Å². The van der Waals surface area contributed by atoms with E-state index in [-0.39, 0.29) is 25.7 Å². The number of ether oxygens (including phenoxy) is 4. The normalized spacial score (nSPS) is 13.6. The zero-order valence-corrected chi connectivity index (χ0v) is 74.0. The van der Waals surface area contributed by atoms with Crippen LogP contribution in [0.3, 0.4) is 0 Å². The van der Waals surface area contributed by atoms with Crippen LogP contribution in [0, 0.1) is 0 Å². The van der Waals surface area contributed by atoms with Gasteiger partial charge in [0, 0.05) is 25.7 Å². The van der Waals surface area contributed by atoms with E-state index >= 15 is 0 Å². The summed E-state index contributed by atoms with van der Waals surface area (Å²) in [6, 6.07) is 0. The van der Waals surface area contributed by atoms with Crippen LogP contribution in [0.25, 0.3) is 0 Å². The second-order valence-corrected chi connectivity index (χ2v) is 35.6. The van der Waals surface area contributed by atoms with E-state index < -0.39 is 97.5 Å². The van der Waals surface area contributed by atoms with E-state index in [2.05, 4.69) is 27.7 Å². The van der Waals surface area contributed by atoms with Crippen molar-refractivity contribution in [2.24, 2.45) is 0 Å². The Bertz CT molecular complexity index is 2070. The first-order chi connectivity index (χ1) is 53.7. The summed E-state index contributed by atoms with van der Waals surface area (Å²) in [6.07, 6.45) is 82.0. The van der Waals surface area contributed by atoms with Gasteiger partial charge in [0.05, 0.1) is 26.4 Å². The third-order valence-electron chi connectivity index (χ3n) is 21.6. The van der Waals surface area contributed by atoms with Crippen molar-refractivity contribution >= 4 is 39.5 Å². The molecule has 3 N–H and O–H groups in total. The highest BCUT2D eigenvalue weighted by atomic mass is 31.2. The van der Waals surface area contributed by atoms with Crippen molar-refractivity contribution in [3.05, 3.63) is 0 Å². The number of unbranched alkanes of at least 4 members (excludes halogenated alkanes) is 66.